The van der Waals surface area contributed by atoms with Crippen molar-refractivity contribution in [1.29, 1.82) is 0 Å². The summed E-state index contributed by atoms with van der Waals surface area (Å²) in [6.45, 7) is 5.93. The van der Waals surface area contributed by atoms with Crippen LogP contribution in [-0.2, 0) is 14.1 Å². The molecule has 0 amide bonds. The van der Waals surface area contributed by atoms with Gasteiger partial charge in [0.05, 0.1) is 0 Å². The van der Waals surface area contributed by atoms with E-state index in [0.717, 1.165) is 11.0 Å². The highest BCUT2D eigenvalue weighted by Crippen LogP contribution is 2.27. The average molecular weight is 294 g/mol. The number of aryl methyl sites for hydroxylation is 2. The maximum absolute atomic E-state index is 12.4. The van der Waals surface area contributed by atoms with Crippen LogP contribution >= 0.6 is 11.8 Å². The van der Waals surface area contributed by atoms with Gasteiger partial charge in [0.25, 0.3) is 5.56 Å². The molecule has 2 heterocycles. The van der Waals surface area contributed by atoms with Crippen molar-refractivity contribution in [3.05, 3.63) is 26.7 Å². The first kappa shape index (κ1) is 14.8. The Morgan fingerprint density at radius 3 is 2.45 bits per heavy atom. The van der Waals surface area contributed by atoms with Crippen LogP contribution in [0, 0.1) is 6.92 Å². The highest BCUT2D eigenvalue weighted by molar-refractivity contribution is 8.00. The van der Waals surface area contributed by atoms with E-state index in [1.165, 1.54) is 11.6 Å². The standard InChI is InChI=1S/C13H18N4O2S/c1-6-7(2)20-11-9-10(14-8(3)15-11)16(4)13(19)17(5)12(9)18/h7H,6H2,1-5H3/t7-/m1/s1. The van der Waals surface area contributed by atoms with Gasteiger partial charge in [0.1, 0.15) is 16.2 Å². The van der Waals surface area contributed by atoms with Crippen molar-refractivity contribution < 1.29 is 0 Å². The van der Waals surface area contributed by atoms with Gasteiger partial charge in [-0.05, 0) is 13.3 Å². The van der Waals surface area contributed by atoms with Gasteiger partial charge in [0.15, 0.2) is 5.65 Å². The molecule has 0 N–H and O–H groups in total. The number of thioether (sulfide) groups is 1. The summed E-state index contributed by atoms with van der Waals surface area (Å²) < 4.78 is 2.49. The van der Waals surface area contributed by atoms with Crippen LogP contribution in [0.2, 0.25) is 0 Å². The van der Waals surface area contributed by atoms with Gasteiger partial charge in [-0.15, -0.1) is 11.8 Å². The zero-order valence-corrected chi connectivity index (χ0v) is 13.1. The molecule has 108 valence electrons. The van der Waals surface area contributed by atoms with Crippen LogP contribution in [0.1, 0.15) is 26.1 Å². The van der Waals surface area contributed by atoms with E-state index in [-0.39, 0.29) is 11.2 Å². The average Bonchev–Trinajstić information content (AvgIpc) is 2.42. The molecule has 0 spiro atoms. The summed E-state index contributed by atoms with van der Waals surface area (Å²) in [6.07, 6.45) is 0.974. The van der Waals surface area contributed by atoms with Crippen LogP contribution < -0.4 is 11.2 Å². The second kappa shape index (κ2) is 5.40. The third-order valence-corrected chi connectivity index (χ3v) is 4.52. The van der Waals surface area contributed by atoms with E-state index in [1.807, 2.05) is 0 Å². The molecule has 20 heavy (non-hydrogen) atoms. The predicted molar refractivity (Wildman–Crippen MR) is 80.4 cm³/mol. The highest BCUT2D eigenvalue weighted by atomic mass is 32.2. The highest BCUT2D eigenvalue weighted by Gasteiger charge is 2.17. The maximum atomic E-state index is 12.4. The van der Waals surface area contributed by atoms with Crippen molar-refractivity contribution in [1.82, 2.24) is 19.1 Å². The monoisotopic (exact) mass is 294 g/mol. The van der Waals surface area contributed by atoms with Crippen LogP contribution in [0.3, 0.4) is 0 Å². The molecule has 0 unspecified atom stereocenters. The Morgan fingerprint density at radius 1 is 1.20 bits per heavy atom. The number of hydrogen-bond acceptors (Lipinski definition) is 5. The van der Waals surface area contributed by atoms with Crippen molar-refractivity contribution in [3.8, 4) is 0 Å². The molecule has 2 aromatic rings. The molecule has 2 rings (SSSR count). The molecular weight excluding hydrogens is 276 g/mol. The lowest BCUT2D eigenvalue weighted by Crippen LogP contribution is -2.37. The van der Waals surface area contributed by atoms with Crippen molar-refractivity contribution in [2.24, 2.45) is 14.1 Å². The molecule has 0 fully saturated rings. The fraction of sp³-hybridized carbons (Fsp3) is 0.538. The van der Waals surface area contributed by atoms with Crippen LogP contribution in [0.5, 0.6) is 0 Å². The lowest BCUT2D eigenvalue weighted by Gasteiger charge is -2.12. The molecule has 7 heteroatoms. The quantitative estimate of drug-likeness (QED) is 0.629. The number of nitrogens with zero attached hydrogens (tertiary/aromatic N) is 4. The summed E-state index contributed by atoms with van der Waals surface area (Å²) in [6, 6.07) is 0. The second-order valence-corrected chi connectivity index (χ2v) is 6.24. The number of hydrogen-bond donors (Lipinski definition) is 0. The third kappa shape index (κ3) is 2.37. The number of aromatic nitrogens is 4. The molecule has 2 aromatic heterocycles. The summed E-state index contributed by atoms with van der Waals surface area (Å²) in [4.78, 5) is 33.0. The Kier molecular flexibility index (Phi) is 3.99. The van der Waals surface area contributed by atoms with E-state index < -0.39 is 0 Å². The van der Waals surface area contributed by atoms with Crippen molar-refractivity contribution in [3.63, 3.8) is 0 Å². The fourth-order valence-electron chi connectivity index (χ4n) is 1.89. The summed E-state index contributed by atoms with van der Waals surface area (Å²) in [7, 11) is 3.09. The van der Waals surface area contributed by atoms with Gasteiger partial charge < -0.3 is 0 Å². The van der Waals surface area contributed by atoms with E-state index >= 15 is 0 Å². The molecule has 1 atom stereocenters. The van der Waals surface area contributed by atoms with Crippen LogP contribution in [0.25, 0.3) is 11.0 Å². The van der Waals surface area contributed by atoms with Gasteiger partial charge in [-0.1, -0.05) is 13.8 Å². The molecule has 6 nitrogen and oxygen atoms in total. The third-order valence-electron chi connectivity index (χ3n) is 3.27. The van der Waals surface area contributed by atoms with Crippen LogP contribution in [0.4, 0.5) is 0 Å². The van der Waals surface area contributed by atoms with Gasteiger partial charge in [0.2, 0.25) is 0 Å². The zero-order valence-electron chi connectivity index (χ0n) is 12.3. The predicted octanol–water partition coefficient (Wildman–Crippen LogP) is 1.23. The van der Waals surface area contributed by atoms with E-state index in [9.17, 15) is 9.59 Å². The Bertz CT molecular complexity index is 779. The molecule has 0 bridgehead atoms. The summed E-state index contributed by atoms with van der Waals surface area (Å²) in [5.41, 5.74) is -0.314. The molecular formula is C13H18N4O2S. The minimum Gasteiger partial charge on any atom is -0.280 e. The molecule has 0 aliphatic rings. The van der Waals surface area contributed by atoms with E-state index in [2.05, 4.69) is 23.8 Å². The summed E-state index contributed by atoms with van der Waals surface area (Å²) in [5.74, 6) is 0.562. The van der Waals surface area contributed by atoms with Crippen molar-refractivity contribution >= 4 is 22.8 Å². The topological polar surface area (TPSA) is 69.8 Å². The van der Waals surface area contributed by atoms with Gasteiger partial charge in [-0.3, -0.25) is 13.9 Å². The summed E-state index contributed by atoms with van der Waals surface area (Å²) in [5, 5.41) is 1.41. The molecule has 0 radical (unpaired) electrons. The van der Waals surface area contributed by atoms with E-state index in [0.29, 0.717) is 27.1 Å². The van der Waals surface area contributed by atoms with Gasteiger partial charge in [-0.2, -0.15) is 0 Å². The number of rotatable bonds is 3. The van der Waals surface area contributed by atoms with E-state index in [4.69, 9.17) is 0 Å². The molecule has 0 aliphatic carbocycles. The van der Waals surface area contributed by atoms with Gasteiger partial charge >= 0.3 is 5.69 Å². The minimum absolute atomic E-state index is 0.339. The molecule has 0 aromatic carbocycles. The van der Waals surface area contributed by atoms with E-state index in [1.54, 1.807) is 25.7 Å². The molecule has 0 saturated carbocycles. The first-order valence-corrected chi connectivity index (χ1v) is 7.35. The summed E-state index contributed by atoms with van der Waals surface area (Å²) >= 11 is 1.54. The largest absolute Gasteiger partial charge is 0.332 e. The Hall–Kier alpha value is -1.63. The Morgan fingerprint density at radius 2 is 1.85 bits per heavy atom. The van der Waals surface area contributed by atoms with Crippen LogP contribution in [0.15, 0.2) is 14.6 Å². The van der Waals surface area contributed by atoms with Gasteiger partial charge in [0, 0.05) is 19.3 Å². The molecule has 0 saturated heterocycles. The smallest absolute Gasteiger partial charge is 0.280 e. The zero-order chi connectivity index (χ0) is 15.0. The first-order chi connectivity index (χ1) is 9.36. The SMILES string of the molecule is CC[C@@H](C)Sc1nc(C)nc2c1c(=O)n(C)c(=O)n2C. The van der Waals surface area contributed by atoms with Crippen molar-refractivity contribution in [2.75, 3.05) is 0 Å². The normalized spacial score (nSPS) is 12.8. The first-order valence-electron chi connectivity index (χ1n) is 6.47. The Balaban J connectivity index is 2.89. The van der Waals surface area contributed by atoms with Gasteiger partial charge in [-0.25, -0.2) is 14.8 Å². The minimum atomic E-state index is -0.375. The lowest BCUT2D eigenvalue weighted by atomic mass is 10.4. The fourth-order valence-corrected chi connectivity index (χ4v) is 2.92. The molecule has 0 aliphatic heterocycles. The van der Waals surface area contributed by atoms with Crippen molar-refractivity contribution in [2.45, 2.75) is 37.5 Å². The Labute approximate surface area is 120 Å². The lowest BCUT2D eigenvalue weighted by molar-refractivity contribution is 0.700. The maximum Gasteiger partial charge on any atom is 0.332 e. The van der Waals surface area contributed by atoms with Crippen LogP contribution in [-0.4, -0.2) is 24.4 Å². The second-order valence-electron chi connectivity index (χ2n) is 4.82. The number of fused-ring (bicyclic) bond motifs is 1.